The van der Waals surface area contributed by atoms with Gasteiger partial charge in [-0.25, -0.2) is 0 Å². The van der Waals surface area contributed by atoms with Gasteiger partial charge in [-0.1, -0.05) is 36.2 Å². The van der Waals surface area contributed by atoms with Crippen molar-refractivity contribution in [1.29, 1.82) is 0 Å². The maximum atomic E-state index is 6.29. The van der Waals surface area contributed by atoms with E-state index >= 15 is 0 Å². The first-order valence-corrected chi connectivity index (χ1v) is 7.99. The van der Waals surface area contributed by atoms with E-state index in [0.29, 0.717) is 0 Å². The summed E-state index contributed by atoms with van der Waals surface area (Å²) in [5, 5.41) is 7.20. The number of hydrogen-bond acceptors (Lipinski definition) is 2. The highest BCUT2D eigenvalue weighted by molar-refractivity contribution is 7.10. The zero-order valence-corrected chi connectivity index (χ0v) is 13.4. The quantitative estimate of drug-likeness (QED) is 0.773. The van der Waals surface area contributed by atoms with Gasteiger partial charge in [-0.2, -0.15) is 0 Å². The van der Waals surface area contributed by atoms with Gasteiger partial charge >= 0.3 is 0 Å². The molecule has 1 aromatic carbocycles. The number of halogens is 2. The molecule has 0 saturated carbocycles. The molecule has 0 amide bonds. The van der Waals surface area contributed by atoms with Crippen molar-refractivity contribution >= 4 is 34.5 Å². The SMILES string of the molecule is CCCNC(c1ccc(Cl)cc1C)c1sccc1Cl. The Bertz CT molecular complexity index is 551. The molecule has 1 N–H and O–H groups in total. The van der Waals surface area contributed by atoms with Crippen molar-refractivity contribution in [3.63, 3.8) is 0 Å². The molecule has 1 unspecified atom stereocenters. The monoisotopic (exact) mass is 313 g/mol. The molecule has 19 heavy (non-hydrogen) atoms. The Hall–Kier alpha value is -0.540. The summed E-state index contributed by atoms with van der Waals surface area (Å²) in [5.41, 5.74) is 2.42. The lowest BCUT2D eigenvalue weighted by Crippen LogP contribution is -2.23. The molecule has 1 nitrogen and oxygen atoms in total. The van der Waals surface area contributed by atoms with E-state index in [-0.39, 0.29) is 6.04 Å². The van der Waals surface area contributed by atoms with Crippen LogP contribution in [0.1, 0.15) is 35.4 Å². The van der Waals surface area contributed by atoms with E-state index in [2.05, 4.69) is 25.2 Å². The van der Waals surface area contributed by atoms with Crippen molar-refractivity contribution in [3.8, 4) is 0 Å². The minimum atomic E-state index is 0.143. The topological polar surface area (TPSA) is 12.0 Å². The average molecular weight is 314 g/mol. The van der Waals surface area contributed by atoms with Crippen LogP contribution in [0.25, 0.3) is 0 Å². The summed E-state index contributed by atoms with van der Waals surface area (Å²) in [6.45, 7) is 5.21. The molecule has 0 aliphatic carbocycles. The third-order valence-corrected chi connectivity index (χ3v) is 4.71. The van der Waals surface area contributed by atoms with Crippen LogP contribution in [0.15, 0.2) is 29.6 Å². The Morgan fingerprint density at radius 2 is 2.05 bits per heavy atom. The lowest BCUT2D eigenvalue weighted by atomic mass is 10.00. The average Bonchev–Trinajstić information content (AvgIpc) is 2.78. The van der Waals surface area contributed by atoms with E-state index in [1.165, 1.54) is 16.0 Å². The van der Waals surface area contributed by atoms with Gasteiger partial charge in [0.25, 0.3) is 0 Å². The molecule has 0 saturated heterocycles. The van der Waals surface area contributed by atoms with Gasteiger partial charge in [-0.3, -0.25) is 0 Å². The van der Waals surface area contributed by atoms with Crippen LogP contribution in [-0.4, -0.2) is 6.54 Å². The van der Waals surface area contributed by atoms with Crippen LogP contribution < -0.4 is 5.32 Å². The Morgan fingerprint density at radius 3 is 2.63 bits per heavy atom. The molecule has 0 spiro atoms. The van der Waals surface area contributed by atoms with Crippen LogP contribution in [0.3, 0.4) is 0 Å². The highest BCUT2D eigenvalue weighted by Crippen LogP contribution is 2.34. The van der Waals surface area contributed by atoms with Crippen LogP contribution in [0.2, 0.25) is 10.0 Å². The van der Waals surface area contributed by atoms with Crippen LogP contribution in [0, 0.1) is 6.92 Å². The van der Waals surface area contributed by atoms with Crippen LogP contribution in [0.4, 0.5) is 0 Å². The van der Waals surface area contributed by atoms with Gasteiger partial charge in [-0.15, -0.1) is 11.3 Å². The molecule has 0 bridgehead atoms. The molecular formula is C15H17Cl2NS. The minimum Gasteiger partial charge on any atom is -0.306 e. The lowest BCUT2D eigenvalue weighted by molar-refractivity contribution is 0.603. The molecule has 1 atom stereocenters. The van der Waals surface area contributed by atoms with E-state index in [4.69, 9.17) is 23.2 Å². The van der Waals surface area contributed by atoms with Crippen molar-refractivity contribution in [2.24, 2.45) is 0 Å². The Morgan fingerprint density at radius 1 is 1.26 bits per heavy atom. The van der Waals surface area contributed by atoms with Gasteiger partial charge in [0, 0.05) is 9.90 Å². The summed E-state index contributed by atoms with van der Waals surface area (Å²) in [4.78, 5) is 1.17. The second kappa shape index (κ2) is 6.76. The fraction of sp³-hybridized carbons (Fsp3) is 0.333. The standard InChI is InChI=1S/C15H17Cl2NS/c1-3-7-18-14(15-13(17)6-8-19-15)12-5-4-11(16)9-10(12)2/h4-6,8-9,14,18H,3,7H2,1-2H3. The summed E-state index contributed by atoms with van der Waals surface area (Å²) < 4.78 is 0. The van der Waals surface area contributed by atoms with Crippen LogP contribution in [-0.2, 0) is 0 Å². The van der Waals surface area contributed by atoms with Crippen LogP contribution in [0.5, 0.6) is 0 Å². The number of nitrogens with one attached hydrogen (secondary N) is 1. The summed E-state index contributed by atoms with van der Waals surface area (Å²) in [7, 11) is 0. The highest BCUT2D eigenvalue weighted by atomic mass is 35.5. The third kappa shape index (κ3) is 3.51. The fourth-order valence-corrected chi connectivity index (χ4v) is 3.59. The van der Waals surface area contributed by atoms with E-state index in [0.717, 1.165) is 23.0 Å². The van der Waals surface area contributed by atoms with Gasteiger partial charge in [-0.05, 0) is 54.6 Å². The van der Waals surface area contributed by atoms with E-state index < -0.39 is 0 Å². The van der Waals surface area contributed by atoms with Gasteiger partial charge in [0.05, 0.1) is 11.1 Å². The van der Waals surface area contributed by atoms with E-state index in [1.54, 1.807) is 11.3 Å². The maximum absolute atomic E-state index is 6.29. The molecule has 2 rings (SSSR count). The molecule has 102 valence electrons. The fourth-order valence-electron chi connectivity index (χ4n) is 2.11. The molecular weight excluding hydrogens is 297 g/mol. The molecule has 0 fully saturated rings. The van der Waals surface area contributed by atoms with E-state index in [1.807, 2.05) is 23.6 Å². The first-order chi connectivity index (χ1) is 9.13. The van der Waals surface area contributed by atoms with Gasteiger partial charge in [0.2, 0.25) is 0 Å². The Labute approximate surface area is 128 Å². The highest BCUT2D eigenvalue weighted by Gasteiger charge is 2.19. The van der Waals surface area contributed by atoms with Crippen LogP contribution >= 0.6 is 34.5 Å². The van der Waals surface area contributed by atoms with Gasteiger partial charge in [0.1, 0.15) is 0 Å². The lowest BCUT2D eigenvalue weighted by Gasteiger charge is -2.20. The number of rotatable bonds is 5. The molecule has 1 heterocycles. The first kappa shape index (κ1) is 14.9. The number of benzene rings is 1. The zero-order valence-electron chi connectivity index (χ0n) is 11.0. The number of aryl methyl sites for hydroxylation is 1. The van der Waals surface area contributed by atoms with E-state index in [9.17, 15) is 0 Å². The summed E-state index contributed by atoms with van der Waals surface area (Å²) in [6.07, 6.45) is 1.09. The second-order valence-electron chi connectivity index (χ2n) is 4.52. The summed E-state index contributed by atoms with van der Waals surface area (Å²) in [6, 6.07) is 8.12. The number of thiophene rings is 1. The third-order valence-electron chi connectivity index (χ3n) is 3.05. The number of hydrogen-bond donors (Lipinski definition) is 1. The van der Waals surface area contributed by atoms with Crippen molar-refractivity contribution in [1.82, 2.24) is 5.32 Å². The Balaban J connectivity index is 2.40. The smallest absolute Gasteiger partial charge is 0.0688 e. The van der Waals surface area contributed by atoms with Crippen molar-refractivity contribution in [3.05, 3.63) is 55.7 Å². The normalized spacial score (nSPS) is 12.6. The summed E-state index contributed by atoms with van der Waals surface area (Å²) in [5.74, 6) is 0. The van der Waals surface area contributed by atoms with Crippen molar-refractivity contribution < 1.29 is 0 Å². The second-order valence-corrected chi connectivity index (χ2v) is 6.31. The molecule has 1 aromatic heterocycles. The largest absolute Gasteiger partial charge is 0.306 e. The zero-order chi connectivity index (χ0) is 13.8. The molecule has 0 radical (unpaired) electrons. The maximum Gasteiger partial charge on any atom is 0.0688 e. The molecule has 0 aliphatic heterocycles. The predicted octanol–water partition coefficient (Wildman–Crippen LogP) is 5.45. The van der Waals surface area contributed by atoms with Crippen molar-refractivity contribution in [2.75, 3.05) is 6.54 Å². The predicted molar refractivity (Wildman–Crippen MR) is 85.7 cm³/mol. The Kier molecular flexibility index (Phi) is 5.28. The van der Waals surface area contributed by atoms with Gasteiger partial charge < -0.3 is 5.32 Å². The molecule has 0 aliphatic rings. The minimum absolute atomic E-state index is 0.143. The van der Waals surface area contributed by atoms with Gasteiger partial charge in [0.15, 0.2) is 0 Å². The molecule has 4 heteroatoms. The first-order valence-electron chi connectivity index (χ1n) is 6.35. The summed E-state index contributed by atoms with van der Waals surface area (Å²) >= 11 is 14.0. The van der Waals surface area contributed by atoms with Crippen molar-refractivity contribution in [2.45, 2.75) is 26.3 Å². The molecule has 2 aromatic rings.